The Kier molecular flexibility index (Phi) is 7.55. The van der Waals surface area contributed by atoms with Gasteiger partial charge in [-0.2, -0.15) is 0 Å². The summed E-state index contributed by atoms with van der Waals surface area (Å²) in [5.74, 6) is -0.317. The molecule has 146 valence electrons. The Labute approximate surface area is 166 Å². The van der Waals surface area contributed by atoms with Gasteiger partial charge in [-0.25, -0.2) is 0 Å². The minimum absolute atomic E-state index is 0.176. The largest absolute Gasteiger partial charge is 0.490 e. The molecule has 27 heavy (non-hydrogen) atoms. The van der Waals surface area contributed by atoms with Gasteiger partial charge in [0.2, 0.25) is 0 Å². The third kappa shape index (κ3) is 5.17. The number of amides is 2. The zero-order valence-corrected chi connectivity index (χ0v) is 16.8. The average molecular weight is 414 g/mol. The van der Waals surface area contributed by atoms with Gasteiger partial charge in [-0.05, 0) is 56.3 Å². The summed E-state index contributed by atoms with van der Waals surface area (Å²) in [4.78, 5) is 37.1. The molecule has 0 N–H and O–H groups in total. The van der Waals surface area contributed by atoms with Gasteiger partial charge < -0.3 is 14.2 Å². The van der Waals surface area contributed by atoms with E-state index in [0.29, 0.717) is 35.3 Å². The van der Waals surface area contributed by atoms with Crippen LogP contribution < -0.4 is 9.47 Å². The summed E-state index contributed by atoms with van der Waals surface area (Å²) >= 11 is 7.02. The van der Waals surface area contributed by atoms with Gasteiger partial charge in [0.15, 0.2) is 11.5 Å². The summed E-state index contributed by atoms with van der Waals surface area (Å²) < 4.78 is 15.8. The lowest BCUT2D eigenvalue weighted by Gasteiger charge is -2.13. The molecule has 1 fully saturated rings. The van der Waals surface area contributed by atoms with Crippen molar-refractivity contribution in [2.75, 3.05) is 26.4 Å². The van der Waals surface area contributed by atoms with Crippen molar-refractivity contribution in [3.05, 3.63) is 27.6 Å². The Morgan fingerprint density at radius 1 is 1.15 bits per heavy atom. The maximum Gasteiger partial charge on any atom is 0.326 e. The molecule has 1 heterocycles. The fraction of sp³-hybridized carbons (Fsp3) is 0.389. The number of carbonyl (C=O) groups is 3. The molecule has 1 saturated heterocycles. The number of rotatable bonds is 8. The van der Waals surface area contributed by atoms with E-state index in [2.05, 4.69) is 0 Å². The fourth-order valence-electron chi connectivity index (χ4n) is 2.34. The van der Waals surface area contributed by atoms with E-state index in [0.717, 1.165) is 16.7 Å². The summed E-state index contributed by atoms with van der Waals surface area (Å²) in [6.45, 7) is 5.91. The lowest BCUT2D eigenvalue weighted by Crippen LogP contribution is -2.34. The molecule has 2 amide bonds. The highest BCUT2D eigenvalue weighted by Crippen LogP contribution is 2.39. The van der Waals surface area contributed by atoms with E-state index >= 15 is 0 Å². The molecule has 2 rings (SSSR count). The van der Waals surface area contributed by atoms with Gasteiger partial charge in [0.1, 0.15) is 6.54 Å². The maximum absolute atomic E-state index is 12.4. The second-order valence-electron chi connectivity index (χ2n) is 5.27. The van der Waals surface area contributed by atoms with Crippen LogP contribution in [0.25, 0.3) is 6.08 Å². The van der Waals surface area contributed by atoms with E-state index in [1.807, 2.05) is 13.8 Å². The number of benzene rings is 1. The Bertz CT molecular complexity index is 779. The molecule has 7 nitrogen and oxygen atoms in total. The Hall–Kier alpha value is -2.19. The van der Waals surface area contributed by atoms with Gasteiger partial charge >= 0.3 is 5.97 Å². The molecule has 1 aromatic carbocycles. The van der Waals surface area contributed by atoms with Crippen LogP contribution in [0.4, 0.5) is 4.79 Å². The molecule has 0 unspecified atom stereocenters. The minimum Gasteiger partial charge on any atom is -0.490 e. The van der Waals surface area contributed by atoms with Gasteiger partial charge in [0.05, 0.1) is 29.7 Å². The number of hydrogen-bond donors (Lipinski definition) is 0. The number of ether oxygens (including phenoxy) is 3. The maximum atomic E-state index is 12.4. The van der Waals surface area contributed by atoms with Crippen molar-refractivity contribution in [1.82, 2.24) is 4.90 Å². The van der Waals surface area contributed by atoms with Gasteiger partial charge in [0.25, 0.3) is 11.1 Å². The van der Waals surface area contributed by atoms with Gasteiger partial charge in [-0.3, -0.25) is 19.3 Å². The third-order valence-electron chi connectivity index (χ3n) is 3.38. The normalized spacial score (nSPS) is 15.4. The molecule has 0 radical (unpaired) electrons. The molecule has 1 aliphatic rings. The van der Waals surface area contributed by atoms with E-state index < -0.39 is 23.7 Å². The monoisotopic (exact) mass is 413 g/mol. The lowest BCUT2D eigenvalue weighted by molar-refractivity contribution is -0.145. The zero-order valence-electron chi connectivity index (χ0n) is 15.2. The first kappa shape index (κ1) is 21.1. The van der Waals surface area contributed by atoms with Crippen LogP contribution >= 0.6 is 23.4 Å². The van der Waals surface area contributed by atoms with Crippen LogP contribution in [0.3, 0.4) is 0 Å². The molecular weight excluding hydrogens is 394 g/mol. The van der Waals surface area contributed by atoms with Crippen molar-refractivity contribution >= 4 is 46.6 Å². The summed E-state index contributed by atoms with van der Waals surface area (Å²) in [6.07, 6.45) is 1.53. The fourth-order valence-corrected chi connectivity index (χ4v) is 3.45. The first-order valence-corrected chi connectivity index (χ1v) is 9.60. The number of thioether (sulfide) groups is 1. The van der Waals surface area contributed by atoms with Crippen LogP contribution in [0, 0.1) is 0 Å². The summed E-state index contributed by atoms with van der Waals surface area (Å²) in [6, 6.07) is 3.30. The first-order valence-electron chi connectivity index (χ1n) is 8.41. The predicted molar refractivity (Wildman–Crippen MR) is 103 cm³/mol. The van der Waals surface area contributed by atoms with Crippen LogP contribution in [0.1, 0.15) is 26.3 Å². The Morgan fingerprint density at radius 2 is 1.85 bits per heavy atom. The summed E-state index contributed by atoms with van der Waals surface area (Å²) in [5.41, 5.74) is 0.577. The Balaban J connectivity index is 2.29. The SMILES string of the molecule is CCOC(=O)CN1C(=O)S/C(=C/c2cc(Cl)c(OCC)c(OCC)c2)C1=O. The zero-order chi connectivity index (χ0) is 20.0. The standard InChI is InChI=1S/C18H20ClNO6S/c1-4-24-13-8-11(7-12(19)16(13)26-6-3)9-14-17(22)20(18(23)27-14)10-15(21)25-5-2/h7-9H,4-6,10H2,1-3H3/b14-9+. The minimum atomic E-state index is -0.635. The summed E-state index contributed by atoms with van der Waals surface area (Å²) in [7, 11) is 0. The molecule has 0 atom stereocenters. The molecule has 1 aromatic rings. The summed E-state index contributed by atoms with van der Waals surface area (Å²) in [5, 5.41) is -0.193. The number of nitrogens with zero attached hydrogens (tertiary/aromatic N) is 1. The number of carbonyl (C=O) groups excluding carboxylic acids is 3. The smallest absolute Gasteiger partial charge is 0.326 e. The number of hydrogen-bond acceptors (Lipinski definition) is 7. The molecule has 0 aliphatic carbocycles. The molecular formula is C18H20ClNO6S. The average Bonchev–Trinajstić information content (AvgIpc) is 2.86. The van der Waals surface area contributed by atoms with E-state index in [-0.39, 0.29) is 11.5 Å². The first-order chi connectivity index (χ1) is 12.9. The van der Waals surface area contributed by atoms with Crippen molar-refractivity contribution in [2.45, 2.75) is 20.8 Å². The van der Waals surface area contributed by atoms with Crippen LogP contribution in [0.15, 0.2) is 17.0 Å². The molecule has 1 aliphatic heterocycles. The molecule has 0 saturated carbocycles. The third-order valence-corrected chi connectivity index (χ3v) is 4.57. The second kappa shape index (κ2) is 9.66. The van der Waals surface area contributed by atoms with Gasteiger partial charge in [0, 0.05) is 0 Å². The molecule has 0 bridgehead atoms. The van der Waals surface area contributed by atoms with Crippen LogP contribution in [0.2, 0.25) is 5.02 Å². The molecule has 9 heteroatoms. The number of esters is 1. The van der Waals surface area contributed by atoms with Crippen molar-refractivity contribution < 1.29 is 28.6 Å². The number of halogens is 1. The molecule has 0 spiro atoms. The van der Waals surface area contributed by atoms with Gasteiger partial charge in [-0.1, -0.05) is 11.6 Å². The van der Waals surface area contributed by atoms with Crippen LogP contribution in [-0.4, -0.2) is 48.4 Å². The highest BCUT2D eigenvalue weighted by atomic mass is 35.5. The van der Waals surface area contributed by atoms with Crippen molar-refractivity contribution in [3.8, 4) is 11.5 Å². The van der Waals surface area contributed by atoms with E-state index in [1.165, 1.54) is 6.08 Å². The van der Waals surface area contributed by atoms with Crippen LogP contribution in [-0.2, 0) is 14.3 Å². The van der Waals surface area contributed by atoms with E-state index in [1.54, 1.807) is 19.1 Å². The number of imide groups is 1. The topological polar surface area (TPSA) is 82.1 Å². The second-order valence-corrected chi connectivity index (χ2v) is 6.67. The van der Waals surface area contributed by atoms with Crippen molar-refractivity contribution in [1.29, 1.82) is 0 Å². The van der Waals surface area contributed by atoms with Crippen molar-refractivity contribution in [3.63, 3.8) is 0 Å². The molecule has 0 aromatic heterocycles. The predicted octanol–water partition coefficient (Wildman–Crippen LogP) is 3.74. The van der Waals surface area contributed by atoms with Crippen LogP contribution in [0.5, 0.6) is 11.5 Å². The van der Waals surface area contributed by atoms with E-state index in [9.17, 15) is 14.4 Å². The highest BCUT2D eigenvalue weighted by Gasteiger charge is 2.36. The lowest BCUT2D eigenvalue weighted by atomic mass is 10.1. The van der Waals surface area contributed by atoms with Crippen molar-refractivity contribution in [2.24, 2.45) is 0 Å². The van der Waals surface area contributed by atoms with Gasteiger partial charge in [-0.15, -0.1) is 0 Å². The quantitative estimate of drug-likeness (QED) is 0.474. The Morgan fingerprint density at radius 3 is 2.48 bits per heavy atom. The van der Waals surface area contributed by atoms with E-state index in [4.69, 9.17) is 25.8 Å². The highest BCUT2D eigenvalue weighted by molar-refractivity contribution is 8.18.